The van der Waals surface area contributed by atoms with Gasteiger partial charge in [0.2, 0.25) is 0 Å². The minimum atomic E-state index is -4.46. The number of anilines is 1. The number of hydrogen-bond donors (Lipinski definition) is 2. The Kier molecular flexibility index (Phi) is 5.77. The number of fused-ring (bicyclic) bond motifs is 1. The van der Waals surface area contributed by atoms with Gasteiger partial charge >= 0.3 is 6.18 Å². The van der Waals surface area contributed by atoms with Crippen molar-refractivity contribution in [2.75, 3.05) is 19.5 Å². The van der Waals surface area contributed by atoms with E-state index in [1.165, 1.54) is 17.4 Å². The molecule has 1 aromatic heterocycles. The van der Waals surface area contributed by atoms with Crippen LogP contribution in [0, 0.1) is 0 Å². The Labute approximate surface area is 188 Å². The molecule has 0 aliphatic carbocycles. The number of rotatable bonds is 5. The largest absolute Gasteiger partial charge is 0.506 e. The fraction of sp³-hybridized carbons (Fsp3) is 0.200. The number of hydrogen-bond acceptors (Lipinski definition) is 4. The summed E-state index contributed by atoms with van der Waals surface area (Å²) in [6.45, 7) is 1.98. The summed E-state index contributed by atoms with van der Waals surface area (Å²) < 4.78 is 45.1. The molecule has 1 heterocycles. The first-order valence-corrected chi connectivity index (χ1v) is 10.8. The summed E-state index contributed by atoms with van der Waals surface area (Å²) in [6, 6.07) is 16.8. The first-order valence-electron chi connectivity index (χ1n) is 10.0. The molecule has 1 unspecified atom stereocenters. The molecule has 0 aliphatic heterocycles. The Balaban J connectivity index is 1.85. The standard InChI is InChI=1S/C25H22F3NO2S/c1-14(19-9-5-6-15-10-11-18(31-3)13-20(15)19)23-22(30)21(24(29-2)32-23)16-7-4-8-17(12-16)25(26,27)28/h4-14,29-30H,1-3H3. The van der Waals surface area contributed by atoms with E-state index in [0.29, 0.717) is 21.0 Å². The van der Waals surface area contributed by atoms with Crippen LogP contribution in [0.15, 0.2) is 60.7 Å². The fourth-order valence-corrected chi connectivity index (χ4v) is 5.09. The van der Waals surface area contributed by atoms with E-state index in [-0.39, 0.29) is 11.7 Å². The molecule has 1 atom stereocenters. The van der Waals surface area contributed by atoms with Crippen LogP contribution < -0.4 is 10.1 Å². The maximum absolute atomic E-state index is 13.2. The third-order valence-electron chi connectivity index (χ3n) is 5.60. The molecule has 0 amide bonds. The van der Waals surface area contributed by atoms with E-state index in [1.54, 1.807) is 20.2 Å². The molecular weight excluding hydrogens is 435 g/mol. The van der Waals surface area contributed by atoms with Gasteiger partial charge in [-0.2, -0.15) is 13.2 Å². The molecule has 4 aromatic rings. The van der Waals surface area contributed by atoms with Gasteiger partial charge in [0, 0.05) is 13.0 Å². The maximum Gasteiger partial charge on any atom is 0.416 e. The number of aromatic hydroxyl groups is 1. The highest BCUT2D eigenvalue weighted by atomic mass is 32.1. The van der Waals surface area contributed by atoms with E-state index in [9.17, 15) is 18.3 Å². The monoisotopic (exact) mass is 457 g/mol. The van der Waals surface area contributed by atoms with Crippen LogP contribution in [0.4, 0.5) is 18.2 Å². The zero-order valence-electron chi connectivity index (χ0n) is 17.7. The zero-order chi connectivity index (χ0) is 23.0. The minimum absolute atomic E-state index is 0.00827. The molecule has 4 rings (SSSR count). The number of halogens is 3. The fourth-order valence-electron chi connectivity index (χ4n) is 3.95. The summed E-state index contributed by atoms with van der Waals surface area (Å²) in [5.74, 6) is 0.529. The summed E-state index contributed by atoms with van der Waals surface area (Å²) >= 11 is 1.34. The average Bonchev–Trinajstić information content (AvgIpc) is 3.13. The van der Waals surface area contributed by atoms with Crippen molar-refractivity contribution in [3.63, 3.8) is 0 Å². The van der Waals surface area contributed by atoms with Crippen molar-refractivity contribution >= 4 is 27.1 Å². The summed E-state index contributed by atoms with van der Waals surface area (Å²) in [5.41, 5.74) is 0.939. The predicted molar refractivity (Wildman–Crippen MR) is 124 cm³/mol. The van der Waals surface area contributed by atoms with Crippen molar-refractivity contribution in [2.45, 2.75) is 19.0 Å². The smallest absolute Gasteiger partial charge is 0.416 e. The van der Waals surface area contributed by atoms with E-state index in [0.717, 1.165) is 34.2 Å². The van der Waals surface area contributed by atoms with Crippen molar-refractivity contribution in [1.82, 2.24) is 0 Å². The van der Waals surface area contributed by atoms with E-state index < -0.39 is 11.7 Å². The van der Waals surface area contributed by atoms with E-state index in [2.05, 4.69) is 5.32 Å². The highest BCUT2D eigenvalue weighted by Crippen LogP contribution is 2.50. The second-order valence-corrected chi connectivity index (χ2v) is 8.56. The van der Waals surface area contributed by atoms with Crippen LogP contribution >= 0.6 is 11.3 Å². The molecule has 3 nitrogen and oxygen atoms in total. The Morgan fingerprint density at radius 3 is 2.47 bits per heavy atom. The molecule has 0 bridgehead atoms. The molecule has 0 spiro atoms. The minimum Gasteiger partial charge on any atom is -0.506 e. The van der Waals surface area contributed by atoms with Gasteiger partial charge in [0.05, 0.1) is 23.1 Å². The highest BCUT2D eigenvalue weighted by Gasteiger charge is 2.31. The normalized spacial score (nSPS) is 12.7. The van der Waals surface area contributed by atoms with E-state index >= 15 is 0 Å². The van der Waals surface area contributed by atoms with Gasteiger partial charge in [-0.25, -0.2) is 0 Å². The molecule has 0 aliphatic rings. The van der Waals surface area contributed by atoms with Gasteiger partial charge in [-0.3, -0.25) is 0 Å². The topological polar surface area (TPSA) is 41.5 Å². The third kappa shape index (κ3) is 3.88. The number of thiophene rings is 1. The van der Waals surface area contributed by atoms with Crippen LogP contribution in [0.1, 0.15) is 28.8 Å². The molecule has 7 heteroatoms. The van der Waals surface area contributed by atoms with Crippen LogP contribution in [-0.4, -0.2) is 19.3 Å². The van der Waals surface area contributed by atoms with Crippen LogP contribution in [0.3, 0.4) is 0 Å². The summed E-state index contributed by atoms with van der Waals surface area (Å²) in [4.78, 5) is 0.678. The van der Waals surface area contributed by atoms with Crippen molar-refractivity contribution < 1.29 is 23.0 Å². The van der Waals surface area contributed by atoms with Gasteiger partial charge in [0.1, 0.15) is 16.5 Å². The zero-order valence-corrected chi connectivity index (χ0v) is 18.6. The van der Waals surface area contributed by atoms with Gasteiger partial charge in [-0.05, 0) is 46.2 Å². The lowest BCUT2D eigenvalue weighted by Gasteiger charge is -2.15. The number of benzene rings is 3. The van der Waals surface area contributed by atoms with Gasteiger partial charge < -0.3 is 15.2 Å². The van der Waals surface area contributed by atoms with Crippen LogP contribution in [0.5, 0.6) is 11.5 Å². The molecular formula is C25H22F3NO2S. The van der Waals surface area contributed by atoms with Crippen LogP contribution in [-0.2, 0) is 6.18 Å². The SMILES string of the molecule is CNc1sc(C(C)c2cccc3ccc(OC)cc23)c(O)c1-c1cccc(C(F)(F)F)c1. The lowest BCUT2D eigenvalue weighted by molar-refractivity contribution is -0.137. The van der Waals surface area contributed by atoms with Gasteiger partial charge in [0.25, 0.3) is 0 Å². The van der Waals surface area contributed by atoms with Gasteiger partial charge in [-0.1, -0.05) is 43.3 Å². The van der Waals surface area contributed by atoms with Crippen LogP contribution in [0.2, 0.25) is 0 Å². The molecule has 32 heavy (non-hydrogen) atoms. The summed E-state index contributed by atoms with van der Waals surface area (Å²) in [7, 11) is 3.30. The predicted octanol–water partition coefficient (Wildman–Crippen LogP) is 7.49. The molecule has 3 aromatic carbocycles. The van der Waals surface area contributed by atoms with Crippen LogP contribution in [0.25, 0.3) is 21.9 Å². The van der Waals surface area contributed by atoms with Crippen molar-refractivity contribution in [3.05, 3.63) is 76.7 Å². The molecule has 0 radical (unpaired) electrons. The maximum atomic E-state index is 13.2. The summed E-state index contributed by atoms with van der Waals surface area (Å²) in [5, 5.41) is 16.8. The highest BCUT2D eigenvalue weighted by molar-refractivity contribution is 7.17. The second kappa shape index (κ2) is 8.39. The first-order chi connectivity index (χ1) is 15.2. The molecule has 0 saturated heterocycles. The molecule has 166 valence electrons. The van der Waals surface area contributed by atoms with E-state index in [4.69, 9.17) is 4.74 Å². The first kappa shape index (κ1) is 22.0. The van der Waals surface area contributed by atoms with Gasteiger partial charge in [-0.15, -0.1) is 11.3 Å². The number of ether oxygens (including phenoxy) is 1. The average molecular weight is 458 g/mol. The Morgan fingerprint density at radius 1 is 1.03 bits per heavy atom. The van der Waals surface area contributed by atoms with Crippen molar-refractivity contribution in [2.24, 2.45) is 0 Å². The van der Waals surface area contributed by atoms with E-state index in [1.807, 2.05) is 43.3 Å². The van der Waals surface area contributed by atoms with Crippen molar-refractivity contribution in [3.8, 4) is 22.6 Å². The molecule has 0 fully saturated rings. The summed E-state index contributed by atoms with van der Waals surface area (Å²) in [6.07, 6.45) is -4.46. The Hall–Kier alpha value is -3.19. The number of methoxy groups -OCH3 is 1. The Morgan fingerprint density at radius 2 is 1.78 bits per heavy atom. The van der Waals surface area contributed by atoms with Gasteiger partial charge in [0.15, 0.2) is 0 Å². The number of alkyl halides is 3. The quantitative estimate of drug-likeness (QED) is 0.326. The Bertz CT molecular complexity index is 1280. The third-order valence-corrected chi connectivity index (χ3v) is 6.98. The second-order valence-electron chi connectivity index (χ2n) is 7.50. The lowest BCUT2D eigenvalue weighted by atomic mass is 9.92. The van der Waals surface area contributed by atoms with Crippen molar-refractivity contribution in [1.29, 1.82) is 0 Å². The lowest BCUT2D eigenvalue weighted by Crippen LogP contribution is -2.04. The molecule has 2 N–H and O–H groups in total. The number of nitrogens with one attached hydrogen (secondary N) is 1. The molecule has 0 saturated carbocycles.